The molecule has 3 N–H and O–H groups in total. The molecule has 0 fully saturated rings. The summed E-state index contributed by atoms with van der Waals surface area (Å²) in [6, 6.07) is 0. The number of esters is 4. The van der Waals surface area contributed by atoms with Gasteiger partial charge in [0, 0.05) is 25.7 Å². The van der Waals surface area contributed by atoms with Gasteiger partial charge in [-0.05, 0) is 37.5 Å². The van der Waals surface area contributed by atoms with Crippen LogP contribution in [0.3, 0.4) is 0 Å². The summed E-state index contributed by atoms with van der Waals surface area (Å²) in [4.78, 5) is 72.8. The third-order valence-corrected chi connectivity index (χ3v) is 19.9. The van der Waals surface area contributed by atoms with E-state index in [1.165, 1.54) is 212 Å². The van der Waals surface area contributed by atoms with Crippen LogP contribution in [-0.4, -0.2) is 96.7 Å². The summed E-state index contributed by atoms with van der Waals surface area (Å²) >= 11 is 0. The molecule has 0 aromatic heterocycles. The van der Waals surface area contributed by atoms with E-state index in [4.69, 9.17) is 37.0 Å². The van der Waals surface area contributed by atoms with E-state index in [9.17, 15) is 43.2 Å². The van der Waals surface area contributed by atoms with Crippen molar-refractivity contribution in [1.82, 2.24) is 0 Å². The Kier molecular flexibility index (Phi) is 67.4. The zero-order valence-corrected chi connectivity index (χ0v) is 64.5. The monoisotopic (exact) mass is 1410 g/mol. The van der Waals surface area contributed by atoms with Crippen molar-refractivity contribution in [3.63, 3.8) is 0 Å². The van der Waals surface area contributed by atoms with Gasteiger partial charge < -0.3 is 33.8 Å². The van der Waals surface area contributed by atoms with E-state index in [-0.39, 0.29) is 25.7 Å². The Morgan fingerprint density at radius 1 is 0.281 bits per heavy atom. The summed E-state index contributed by atoms with van der Waals surface area (Å²) in [6.45, 7) is 9.47. The fourth-order valence-corrected chi connectivity index (χ4v) is 13.4. The minimum absolute atomic E-state index is 0.104. The second kappa shape index (κ2) is 68.8. The number of carbonyl (C=O) groups is 4. The Morgan fingerprint density at radius 2 is 0.479 bits per heavy atom. The van der Waals surface area contributed by atoms with Crippen molar-refractivity contribution in [3.05, 3.63) is 0 Å². The number of phosphoric ester groups is 2. The second-order valence-electron chi connectivity index (χ2n) is 28.7. The topological polar surface area (TPSA) is 237 Å². The summed E-state index contributed by atoms with van der Waals surface area (Å²) in [5.74, 6) is -0.721. The maximum absolute atomic E-state index is 13.1. The average Bonchev–Trinajstić information content (AvgIpc) is 1.25. The van der Waals surface area contributed by atoms with Crippen LogP contribution in [-0.2, 0) is 65.4 Å². The molecule has 0 amide bonds. The lowest BCUT2D eigenvalue weighted by molar-refractivity contribution is -0.161. The molecule has 19 heteroatoms. The number of hydrogen-bond acceptors (Lipinski definition) is 15. The number of ether oxygens (including phenoxy) is 4. The molecule has 0 aromatic rings. The Balaban J connectivity index is 5.19. The zero-order chi connectivity index (χ0) is 70.7. The van der Waals surface area contributed by atoms with Crippen molar-refractivity contribution in [3.8, 4) is 0 Å². The average molecular weight is 1410 g/mol. The van der Waals surface area contributed by atoms with Gasteiger partial charge in [-0.25, -0.2) is 9.13 Å². The molecule has 0 rings (SSSR count). The highest BCUT2D eigenvalue weighted by Crippen LogP contribution is 2.45. The molecule has 0 aliphatic heterocycles. The molecule has 0 bridgehead atoms. The molecule has 0 aliphatic carbocycles. The van der Waals surface area contributed by atoms with Crippen LogP contribution >= 0.6 is 15.6 Å². The van der Waals surface area contributed by atoms with E-state index in [0.717, 1.165) is 102 Å². The van der Waals surface area contributed by atoms with Crippen molar-refractivity contribution < 1.29 is 80.2 Å². The van der Waals surface area contributed by atoms with E-state index in [2.05, 4.69) is 41.5 Å². The van der Waals surface area contributed by atoms with Crippen LogP contribution in [0.1, 0.15) is 401 Å². The molecule has 0 saturated heterocycles. The normalized spacial score (nSPS) is 14.0. The number of rotatable bonds is 76. The Labute approximate surface area is 588 Å². The predicted molar refractivity (Wildman–Crippen MR) is 391 cm³/mol. The highest BCUT2D eigenvalue weighted by molar-refractivity contribution is 7.47. The first-order valence-electron chi connectivity index (χ1n) is 40.0. The lowest BCUT2D eigenvalue weighted by Gasteiger charge is -2.21. The molecule has 2 unspecified atom stereocenters. The molecule has 17 nitrogen and oxygen atoms in total. The molecule has 0 aliphatic rings. The molecule has 570 valence electrons. The lowest BCUT2D eigenvalue weighted by Crippen LogP contribution is -2.30. The molecular weight excluding hydrogens is 1260 g/mol. The quantitative estimate of drug-likeness (QED) is 0.0222. The minimum atomic E-state index is -4.96. The summed E-state index contributed by atoms with van der Waals surface area (Å²) < 4.78 is 68.5. The van der Waals surface area contributed by atoms with E-state index in [0.29, 0.717) is 31.6 Å². The minimum Gasteiger partial charge on any atom is -0.462 e. The third-order valence-electron chi connectivity index (χ3n) is 18.0. The van der Waals surface area contributed by atoms with Gasteiger partial charge in [0.15, 0.2) is 12.2 Å². The lowest BCUT2D eigenvalue weighted by atomic mass is 10.0. The van der Waals surface area contributed by atoms with E-state index < -0.39 is 97.5 Å². The zero-order valence-electron chi connectivity index (χ0n) is 62.7. The summed E-state index contributed by atoms with van der Waals surface area (Å²) in [5.41, 5.74) is 0. The molecule has 0 aromatic carbocycles. The van der Waals surface area contributed by atoms with Crippen LogP contribution in [0.5, 0.6) is 0 Å². The van der Waals surface area contributed by atoms with Gasteiger partial charge in [0.25, 0.3) is 0 Å². The third kappa shape index (κ3) is 70.5. The largest absolute Gasteiger partial charge is 0.472 e. The Morgan fingerprint density at radius 3 is 0.708 bits per heavy atom. The SMILES string of the molecule is CCCCCCCCCCCCCCCCCCCCCCCC(=O)O[C@H](COC(=O)CCCCCCCCCCCCCCCCC)COP(=O)(O)OC[C@@H](O)COP(=O)(O)OC[C@@H](COC(=O)CCCCCCCCC(C)C)OC(=O)CCCCCCCCCCC(C)C. The van der Waals surface area contributed by atoms with E-state index in [1.807, 2.05) is 0 Å². The highest BCUT2D eigenvalue weighted by Gasteiger charge is 2.30. The highest BCUT2D eigenvalue weighted by atomic mass is 31.2. The number of hydrogen-bond donors (Lipinski definition) is 3. The molecule has 0 spiro atoms. The second-order valence-corrected chi connectivity index (χ2v) is 31.6. The van der Waals surface area contributed by atoms with Gasteiger partial charge in [-0.2, -0.15) is 0 Å². The van der Waals surface area contributed by atoms with Gasteiger partial charge in [-0.1, -0.05) is 350 Å². The molecule has 5 atom stereocenters. The molecular formula is C77H150O17P2. The summed E-state index contributed by atoms with van der Waals surface area (Å²) in [7, 11) is -9.91. The van der Waals surface area contributed by atoms with Crippen LogP contribution < -0.4 is 0 Å². The maximum Gasteiger partial charge on any atom is 0.472 e. The number of aliphatic hydroxyl groups excluding tert-OH is 1. The number of unbranched alkanes of at least 4 members (excludes halogenated alkanes) is 46. The van der Waals surface area contributed by atoms with Gasteiger partial charge in [0.2, 0.25) is 0 Å². The first-order chi connectivity index (χ1) is 46.4. The fraction of sp³-hybridized carbons (Fsp3) is 0.948. The van der Waals surface area contributed by atoms with Crippen LogP contribution in [0.4, 0.5) is 0 Å². The van der Waals surface area contributed by atoms with Crippen LogP contribution in [0.2, 0.25) is 0 Å². The molecule has 0 saturated carbocycles. The first kappa shape index (κ1) is 94.1. The fourth-order valence-electron chi connectivity index (χ4n) is 11.8. The van der Waals surface area contributed by atoms with Crippen molar-refractivity contribution in [2.24, 2.45) is 11.8 Å². The van der Waals surface area contributed by atoms with E-state index in [1.54, 1.807) is 0 Å². The number of aliphatic hydroxyl groups is 1. The van der Waals surface area contributed by atoms with Gasteiger partial charge in [-0.15, -0.1) is 0 Å². The van der Waals surface area contributed by atoms with Crippen molar-refractivity contribution in [2.75, 3.05) is 39.6 Å². The van der Waals surface area contributed by atoms with Crippen molar-refractivity contribution in [2.45, 2.75) is 419 Å². The number of carbonyl (C=O) groups excluding carboxylic acids is 4. The van der Waals surface area contributed by atoms with Gasteiger partial charge in [0.1, 0.15) is 19.3 Å². The molecule has 96 heavy (non-hydrogen) atoms. The van der Waals surface area contributed by atoms with E-state index >= 15 is 0 Å². The molecule has 0 radical (unpaired) electrons. The maximum atomic E-state index is 13.1. The van der Waals surface area contributed by atoms with Crippen molar-refractivity contribution in [1.29, 1.82) is 0 Å². The summed E-state index contributed by atoms with van der Waals surface area (Å²) in [6.07, 6.45) is 57.3. The van der Waals surface area contributed by atoms with Crippen molar-refractivity contribution >= 4 is 39.5 Å². The number of phosphoric acid groups is 2. The van der Waals surface area contributed by atoms with Gasteiger partial charge in [0.05, 0.1) is 26.4 Å². The Hall–Kier alpha value is -1.94. The predicted octanol–water partition coefficient (Wildman–Crippen LogP) is 22.7. The summed E-state index contributed by atoms with van der Waals surface area (Å²) in [5, 5.41) is 10.6. The van der Waals surface area contributed by atoms with Gasteiger partial charge in [-0.3, -0.25) is 37.3 Å². The van der Waals surface area contributed by atoms with Crippen LogP contribution in [0.15, 0.2) is 0 Å². The van der Waals surface area contributed by atoms with Gasteiger partial charge >= 0.3 is 39.5 Å². The standard InChI is InChI=1S/C77H150O17P2/c1-7-9-11-13-15-17-19-21-23-24-25-26-27-28-30-32-34-36-41-49-55-61-76(81)93-72(65-87-74(79)59-53-47-40-35-33-31-29-22-20-18-16-14-12-10-8-2)67-91-95(83,84)89-63-71(78)64-90-96(85,86)92-68-73(66-88-75(80)60-54-48-44-43-46-52-58-70(5)6)94-77(82)62-56-50-42-38-37-39-45-51-57-69(3)4/h69-73,78H,7-68H2,1-6H3,(H,83,84)(H,85,86)/t71-,72-,73-/m1/s1. The Bertz CT molecular complexity index is 1860. The van der Waals surface area contributed by atoms with Crippen LogP contribution in [0, 0.1) is 11.8 Å². The molecule has 0 heterocycles. The van der Waals surface area contributed by atoms with Crippen LogP contribution in [0.25, 0.3) is 0 Å². The smallest absolute Gasteiger partial charge is 0.462 e. The first-order valence-corrected chi connectivity index (χ1v) is 43.0.